The molecule has 0 saturated heterocycles. The second-order valence-corrected chi connectivity index (χ2v) is 5.60. The van der Waals surface area contributed by atoms with E-state index in [1.54, 1.807) is 20.8 Å². The van der Waals surface area contributed by atoms with Crippen molar-refractivity contribution in [2.75, 3.05) is 6.54 Å². The summed E-state index contributed by atoms with van der Waals surface area (Å²) in [5.41, 5.74) is -0.502. The number of carbonyl (C=O) groups excluding carboxylic acids is 1. The Bertz CT molecular complexity index is 264. The van der Waals surface area contributed by atoms with E-state index in [9.17, 15) is 13.6 Å². The van der Waals surface area contributed by atoms with Gasteiger partial charge in [0, 0.05) is 18.9 Å². The van der Waals surface area contributed by atoms with Crippen molar-refractivity contribution in [1.29, 1.82) is 0 Å². The Morgan fingerprint density at radius 3 is 2.35 bits per heavy atom. The number of rotatable bonds is 3. The molecule has 0 unspecified atom stereocenters. The summed E-state index contributed by atoms with van der Waals surface area (Å²) in [4.78, 5) is 11.4. The zero-order valence-electron chi connectivity index (χ0n) is 10.7. The number of alkyl halides is 2. The quantitative estimate of drug-likeness (QED) is 0.781. The van der Waals surface area contributed by atoms with Gasteiger partial charge in [-0.1, -0.05) is 0 Å². The molecule has 0 aromatic heterocycles. The van der Waals surface area contributed by atoms with Crippen LogP contribution in [0.25, 0.3) is 0 Å². The molecule has 0 radical (unpaired) electrons. The van der Waals surface area contributed by atoms with Crippen molar-refractivity contribution in [1.82, 2.24) is 5.32 Å². The molecule has 1 saturated carbocycles. The van der Waals surface area contributed by atoms with Gasteiger partial charge in [-0.05, 0) is 33.6 Å². The number of hydrogen-bond acceptors (Lipinski definition) is 3. The van der Waals surface area contributed by atoms with Crippen LogP contribution in [0.5, 0.6) is 0 Å². The predicted octanol–water partition coefficient (Wildman–Crippen LogP) is 2.50. The van der Waals surface area contributed by atoms with Crippen molar-refractivity contribution in [3.05, 3.63) is 0 Å². The molecular formula is C12H21F2NO2. The van der Waals surface area contributed by atoms with Gasteiger partial charge in [0.05, 0.1) is 6.54 Å². The van der Waals surface area contributed by atoms with Crippen molar-refractivity contribution < 1.29 is 18.3 Å². The minimum atomic E-state index is -2.52. The van der Waals surface area contributed by atoms with Gasteiger partial charge < -0.3 is 10.1 Å². The standard InChI is InChI=1S/C12H21F2NO2/c1-11(2,3)17-10(16)8-15-9-4-6-12(13,14)7-5-9/h9,15H,4-8H2,1-3H3. The molecule has 0 aliphatic heterocycles. The van der Waals surface area contributed by atoms with Crippen LogP contribution in [0, 0.1) is 0 Å². The Kier molecular flexibility index (Phi) is 4.47. The Morgan fingerprint density at radius 2 is 1.88 bits per heavy atom. The van der Waals surface area contributed by atoms with Gasteiger partial charge in [0.1, 0.15) is 5.60 Å². The first kappa shape index (κ1) is 14.4. The van der Waals surface area contributed by atoms with Gasteiger partial charge in [0.25, 0.3) is 0 Å². The SMILES string of the molecule is CC(C)(C)OC(=O)CNC1CCC(F)(F)CC1. The van der Waals surface area contributed by atoms with Gasteiger partial charge in [-0.25, -0.2) is 8.78 Å². The molecule has 17 heavy (non-hydrogen) atoms. The molecule has 5 heteroatoms. The van der Waals surface area contributed by atoms with E-state index in [4.69, 9.17) is 4.74 Å². The van der Waals surface area contributed by atoms with Gasteiger partial charge in [0.15, 0.2) is 0 Å². The summed E-state index contributed by atoms with van der Waals surface area (Å²) in [6, 6.07) is 0.00198. The molecule has 0 heterocycles. The summed E-state index contributed by atoms with van der Waals surface area (Å²) in [7, 11) is 0. The highest BCUT2D eigenvalue weighted by Crippen LogP contribution is 2.32. The lowest BCUT2D eigenvalue weighted by Gasteiger charge is -2.29. The van der Waals surface area contributed by atoms with Gasteiger partial charge in [-0.15, -0.1) is 0 Å². The molecule has 0 aromatic rings. The molecule has 1 aliphatic carbocycles. The molecule has 0 bridgehead atoms. The molecule has 1 rings (SSSR count). The molecule has 1 aliphatic rings. The normalized spacial score (nSPS) is 21.2. The van der Waals surface area contributed by atoms with Crippen molar-refractivity contribution in [3.8, 4) is 0 Å². The minimum Gasteiger partial charge on any atom is -0.459 e. The molecule has 1 fully saturated rings. The van der Waals surface area contributed by atoms with Gasteiger partial charge >= 0.3 is 5.97 Å². The largest absolute Gasteiger partial charge is 0.459 e. The number of esters is 1. The highest BCUT2D eigenvalue weighted by Gasteiger charge is 2.34. The maximum absolute atomic E-state index is 12.9. The molecule has 0 amide bonds. The van der Waals surface area contributed by atoms with E-state index in [1.807, 2.05) is 0 Å². The first-order valence-corrected chi connectivity index (χ1v) is 6.01. The highest BCUT2D eigenvalue weighted by atomic mass is 19.3. The lowest BCUT2D eigenvalue weighted by Crippen LogP contribution is -2.41. The van der Waals surface area contributed by atoms with E-state index in [2.05, 4.69) is 5.32 Å². The Balaban J connectivity index is 2.22. The van der Waals surface area contributed by atoms with Gasteiger partial charge in [-0.2, -0.15) is 0 Å². The zero-order chi connectivity index (χ0) is 13.1. The fourth-order valence-corrected chi connectivity index (χ4v) is 1.85. The van der Waals surface area contributed by atoms with Crippen molar-refractivity contribution in [3.63, 3.8) is 0 Å². The van der Waals surface area contributed by atoms with Crippen LogP contribution in [-0.4, -0.2) is 30.1 Å². The lowest BCUT2D eigenvalue weighted by atomic mass is 9.92. The third-order valence-corrected chi connectivity index (χ3v) is 2.67. The summed E-state index contributed by atoms with van der Waals surface area (Å²) < 4.78 is 30.9. The van der Waals surface area contributed by atoms with Gasteiger partial charge in [-0.3, -0.25) is 4.79 Å². The molecule has 1 N–H and O–H groups in total. The topological polar surface area (TPSA) is 38.3 Å². The smallest absolute Gasteiger partial charge is 0.320 e. The number of ether oxygens (including phenoxy) is 1. The van der Waals surface area contributed by atoms with E-state index in [-0.39, 0.29) is 31.4 Å². The molecular weight excluding hydrogens is 228 g/mol. The second kappa shape index (κ2) is 5.29. The number of carbonyl (C=O) groups is 1. The maximum atomic E-state index is 12.9. The molecule has 0 aromatic carbocycles. The summed E-state index contributed by atoms with van der Waals surface area (Å²) in [6.07, 6.45) is 0.629. The fraction of sp³-hybridized carbons (Fsp3) is 0.917. The van der Waals surface area contributed by atoms with E-state index >= 15 is 0 Å². The molecule has 100 valence electrons. The van der Waals surface area contributed by atoms with Crippen LogP contribution in [0.15, 0.2) is 0 Å². The average Bonchev–Trinajstić information content (AvgIpc) is 2.13. The zero-order valence-corrected chi connectivity index (χ0v) is 10.7. The summed E-state index contributed by atoms with van der Waals surface area (Å²) in [6.45, 7) is 5.48. The molecule has 3 nitrogen and oxygen atoms in total. The Labute approximate surface area is 101 Å². The third kappa shape index (κ3) is 5.96. The first-order valence-electron chi connectivity index (χ1n) is 6.01. The summed E-state index contributed by atoms with van der Waals surface area (Å²) in [5.74, 6) is -2.86. The predicted molar refractivity (Wildman–Crippen MR) is 61.1 cm³/mol. The van der Waals surface area contributed by atoms with Crippen LogP contribution in [0.4, 0.5) is 8.78 Å². The van der Waals surface area contributed by atoms with E-state index in [0.717, 1.165) is 0 Å². The number of halogens is 2. The van der Waals surface area contributed by atoms with Crippen LogP contribution in [-0.2, 0) is 9.53 Å². The summed E-state index contributed by atoms with van der Waals surface area (Å²) >= 11 is 0. The van der Waals surface area contributed by atoms with Crippen molar-refractivity contribution in [2.24, 2.45) is 0 Å². The number of hydrogen-bond donors (Lipinski definition) is 1. The van der Waals surface area contributed by atoms with Crippen LogP contribution >= 0.6 is 0 Å². The van der Waals surface area contributed by atoms with Gasteiger partial charge in [0.2, 0.25) is 5.92 Å². The second-order valence-electron chi connectivity index (χ2n) is 5.60. The lowest BCUT2D eigenvalue weighted by molar-refractivity contribution is -0.153. The first-order chi connectivity index (χ1) is 7.68. The number of nitrogens with one attached hydrogen (secondary N) is 1. The molecule has 0 spiro atoms. The van der Waals surface area contributed by atoms with Crippen LogP contribution in [0.3, 0.4) is 0 Å². The van der Waals surface area contributed by atoms with E-state index in [0.29, 0.717) is 12.8 Å². The van der Waals surface area contributed by atoms with Crippen molar-refractivity contribution in [2.45, 2.75) is 64.0 Å². The highest BCUT2D eigenvalue weighted by molar-refractivity contribution is 5.72. The monoisotopic (exact) mass is 249 g/mol. The molecule has 0 atom stereocenters. The Hall–Kier alpha value is -0.710. The van der Waals surface area contributed by atoms with E-state index in [1.165, 1.54) is 0 Å². The maximum Gasteiger partial charge on any atom is 0.320 e. The third-order valence-electron chi connectivity index (χ3n) is 2.67. The van der Waals surface area contributed by atoms with E-state index < -0.39 is 11.5 Å². The fourth-order valence-electron chi connectivity index (χ4n) is 1.85. The van der Waals surface area contributed by atoms with Crippen molar-refractivity contribution >= 4 is 5.97 Å². The van der Waals surface area contributed by atoms with Crippen LogP contribution in [0.1, 0.15) is 46.5 Å². The average molecular weight is 249 g/mol. The van der Waals surface area contributed by atoms with Crippen LogP contribution in [0.2, 0.25) is 0 Å². The Morgan fingerprint density at radius 1 is 1.35 bits per heavy atom. The van der Waals surface area contributed by atoms with Crippen LogP contribution < -0.4 is 5.32 Å². The minimum absolute atomic E-state index is 0.00198. The summed E-state index contributed by atoms with van der Waals surface area (Å²) in [5, 5.41) is 2.97.